The van der Waals surface area contributed by atoms with Crippen molar-refractivity contribution < 1.29 is 4.79 Å². The number of amides is 1. The van der Waals surface area contributed by atoms with E-state index in [1.54, 1.807) is 4.90 Å². The minimum atomic E-state index is -0.0661. The molecule has 4 heteroatoms. The summed E-state index contributed by atoms with van der Waals surface area (Å²) < 4.78 is 0. The first-order valence-electron chi connectivity index (χ1n) is 8.96. The van der Waals surface area contributed by atoms with Crippen LogP contribution in [0.2, 0.25) is 0 Å². The van der Waals surface area contributed by atoms with Crippen molar-refractivity contribution in [2.45, 2.75) is 0 Å². The Morgan fingerprint density at radius 2 is 1.39 bits per heavy atom. The molecule has 0 bridgehead atoms. The third kappa shape index (κ3) is 4.13. The number of para-hydroxylation sites is 2. The molecule has 3 aromatic rings. The lowest BCUT2D eigenvalue weighted by molar-refractivity contribution is -0.113. The molecule has 136 valence electrons. The largest absolute Gasteiger partial charge is 0.271 e. The highest BCUT2D eigenvalue weighted by atomic mass is 32.2. The predicted molar refractivity (Wildman–Crippen MR) is 119 cm³/mol. The van der Waals surface area contributed by atoms with Gasteiger partial charge in [-0.05, 0) is 47.7 Å². The number of carbonyl (C=O) groups excluding carboxylic acids is 1. The quantitative estimate of drug-likeness (QED) is 0.515. The third-order valence-corrected chi connectivity index (χ3v) is 5.12. The van der Waals surface area contributed by atoms with E-state index in [0.717, 1.165) is 16.9 Å². The first-order chi connectivity index (χ1) is 13.8. The van der Waals surface area contributed by atoms with Crippen LogP contribution < -0.4 is 4.90 Å². The molecule has 4 rings (SSSR count). The number of carbonyl (C=O) groups is 1. The molecule has 0 aromatic heterocycles. The molecule has 0 N–H and O–H groups in total. The van der Waals surface area contributed by atoms with E-state index >= 15 is 0 Å². The number of anilines is 1. The molecular formula is C24H18N2OS. The van der Waals surface area contributed by atoms with Crippen LogP contribution in [0, 0.1) is 0 Å². The number of allylic oxidation sites excluding steroid dienone is 2. The van der Waals surface area contributed by atoms with E-state index in [9.17, 15) is 4.79 Å². The van der Waals surface area contributed by atoms with Gasteiger partial charge < -0.3 is 0 Å². The van der Waals surface area contributed by atoms with E-state index in [1.165, 1.54) is 11.8 Å². The number of rotatable bonds is 4. The average Bonchev–Trinajstić information content (AvgIpc) is 3.05. The van der Waals surface area contributed by atoms with Crippen molar-refractivity contribution in [2.24, 2.45) is 4.99 Å². The average molecular weight is 382 g/mol. The minimum Gasteiger partial charge on any atom is -0.268 e. The molecule has 0 spiro atoms. The van der Waals surface area contributed by atoms with Gasteiger partial charge in [0.15, 0.2) is 5.17 Å². The minimum absolute atomic E-state index is 0.0661. The van der Waals surface area contributed by atoms with E-state index in [-0.39, 0.29) is 5.91 Å². The van der Waals surface area contributed by atoms with Crippen molar-refractivity contribution in [3.05, 3.63) is 114 Å². The van der Waals surface area contributed by atoms with Crippen LogP contribution in [0.3, 0.4) is 0 Å². The number of hydrogen-bond donors (Lipinski definition) is 0. The summed E-state index contributed by atoms with van der Waals surface area (Å²) in [5, 5.41) is 0.654. The summed E-state index contributed by atoms with van der Waals surface area (Å²) in [6, 6.07) is 29.3. The lowest BCUT2D eigenvalue weighted by atomic mass is 10.2. The van der Waals surface area contributed by atoms with Crippen molar-refractivity contribution in [1.82, 2.24) is 0 Å². The molecule has 3 aromatic carbocycles. The van der Waals surface area contributed by atoms with Gasteiger partial charge in [0, 0.05) is 0 Å². The number of aliphatic imine (C=N–C) groups is 1. The van der Waals surface area contributed by atoms with Gasteiger partial charge in [-0.15, -0.1) is 0 Å². The maximum absolute atomic E-state index is 13.1. The Labute approximate surface area is 168 Å². The van der Waals surface area contributed by atoms with E-state index < -0.39 is 0 Å². The van der Waals surface area contributed by atoms with E-state index in [2.05, 4.69) is 0 Å². The fourth-order valence-electron chi connectivity index (χ4n) is 2.79. The third-order valence-electron chi connectivity index (χ3n) is 4.14. The monoisotopic (exact) mass is 382 g/mol. The first-order valence-corrected chi connectivity index (χ1v) is 9.77. The smallest absolute Gasteiger partial charge is 0.268 e. The molecular weight excluding hydrogens is 364 g/mol. The Morgan fingerprint density at radius 3 is 2.07 bits per heavy atom. The fraction of sp³-hybridized carbons (Fsp3) is 0. The Bertz CT molecular complexity index is 1040. The predicted octanol–water partition coefficient (Wildman–Crippen LogP) is 6.05. The molecule has 1 saturated heterocycles. The maximum Gasteiger partial charge on any atom is 0.271 e. The highest BCUT2D eigenvalue weighted by molar-refractivity contribution is 8.19. The topological polar surface area (TPSA) is 32.7 Å². The molecule has 3 nitrogen and oxygen atoms in total. The van der Waals surface area contributed by atoms with Gasteiger partial charge in [-0.3, -0.25) is 9.69 Å². The summed E-state index contributed by atoms with van der Waals surface area (Å²) >= 11 is 1.39. The number of benzene rings is 3. The standard InChI is InChI=1S/C24H18N2OS/c27-23-22(18-10-13-19-11-4-1-5-12-19)28-24(25-20-14-6-2-7-15-20)26(23)21-16-8-3-9-17-21/h1-18H/b13-10-,22-18-,25-24?. The SMILES string of the molecule is O=C1/C(=C/C=C\c2ccccc2)SC(=Nc2ccccc2)N1c1ccccc1. The van der Waals surface area contributed by atoms with Crippen molar-refractivity contribution in [3.63, 3.8) is 0 Å². The summed E-state index contributed by atoms with van der Waals surface area (Å²) in [7, 11) is 0. The van der Waals surface area contributed by atoms with Crippen molar-refractivity contribution in [1.29, 1.82) is 0 Å². The van der Waals surface area contributed by atoms with E-state index in [4.69, 9.17) is 4.99 Å². The maximum atomic E-state index is 13.1. The zero-order valence-electron chi connectivity index (χ0n) is 15.1. The Kier molecular flexibility index (Phi) is 5.50. The van der Waals surface area contributed by atoms with Gasteiger partial charge in [0.05, 0.1) is 16.3 Å². The number of nitrogens with zero attached hydrogens (tertiary/aromatic N) is 2. The number of thioether (sulfide) groups is 1. The van der Waals surface area contributed by atoms with Crippen molar-refractivity contribution in [2.75, 3.05) is 4.90 Å². The lowest BCUT2D eigenvalue weighted by Gasteiger charge is -2.15. The molecule has 1 heterocycles. The van der Waals surface area contributed by atoms with Crippen LogP contribution in [-0.2, 0) is 4.79 Å². The molecule has 1 fully saturated rings. The molecule has 1 amide bonds. The summed E-state index contributed by atoms with van der Waals surface area (Å²) in [5.74, 6) is -0.0661. The van der Waals surface area contributed by atoms with Gasteiger partial charge >= 0.3 is 0 Å². The number of amidine groups is 1. The normalized spacial score (nSPS) is 17.1. The van der Waals surface area contributed by atoms with Crippen molar-refractivity contribution >= 4 is 40.3 Å². The second-order valence-electron chi connectivity index (χ2n) is 6.11. The van der Waals surface area contributed by atoms with Gasteiger partial charge in [-0.1, -0.05) is 78.9 Å². The van der Waals surface area contributed by atoms with Crippen LogP contribution in [0.25, 0.3) is 6.08 Å². The summed E-state index contributed by atoms with van der Waals surface area (Å²) in [4.78, 5) is 20.1. The van der Waals surface area contributed by atoms with Crippen LogP contribution in [0.1, 0.15) is 5.56 Å². The fourth-order valence-corrected chi connectivity index (χ4v) is 3.74. The molecule has 28 heavy (non-hydrogen) atoms. The molecule has 0 saturated carbocycles. The van der Waals surface area contributed by atoms with Crippen LogP contribution in [-0.4, -0.2) is 11.1 Å². The Hall–Kier alpha value is -3.37. The Balaban J connectivity index is 1.67. The van der Waals surface area contributed by atoms with Gasteiger partial charge in [0.1, 0.15) is 0 Å². The lowest BCUT2D eigenvalue weighted by Crippen LogP contribution is -2.28. The number of hydrogen-bond acceptors (Lipinski definition) is 3. The van der Waals surface area contributed by atoms with E-state index in [1.807, 2.05) is 109 Å². The van der Waals surface area contributed by atoms with Crippen LogP contribution >= 0.6 is 11.8 Å². The molecule has 0 radical (unpaired) electrons. The molecule has 1 aliphatic rings. The molecule has 0 unspecified atom stereocenters. The van der Waals surface area contributed by atoms with Crippen LogP contribution in [0.15, 0.2) is 113 Å². The van der Waals surface area contributed by atoms with Gasteiger partial charge in [0.2, 0.25) is 0 Å². The summed E-state index contributed by atoms with van der Waals surface area (Å²) in [6.45, 7) is 0. The first kappa shape index (κ1) is 18.0. The summed E-state index contributed by atoms with van der Waals surface area (Å²) in [6.07, 6.45) is 5.74. The summed E-state index contributed by atoms with van der Waals surface area (Å²) in [5.41, 5.74) is 2.72. The Morgan fingerprint density at radius 1 is 0.786 bits per heavy atom. The highest BCUT2D eigenvalue weighted by Crippen LogP contribution is 2.36. The van der Waals surface area contributed by atoms with Crippen molar-refractivity contribution in [3.8, 4) is 0 Å². The van der Waals surface area contributed by atoms with Crippen LogP contribution in [0.5, 0.6) is 0 Å². The van der Waals surface area contributed by atoms with E-state index in [0.29, 0.717) is 10.1 Å². The second kappa shape index (κ2) is 8.55. The highest BCUT2D eigenvalue weighted by Gasteiger charge is 2.34. The van der Waals surface area contributed by atoms with Gasteiger partial charge in [-0.25, -0.2) is 4.99 Å². The molecule has 1 aliphatic heterocycles. The van der Waals surface area contributed by atoms with Crippen LogP contribution in [0.4, 0.5) is 11.4 Å². The van der Waals surface area contributed by atoms with Gasteiger partial charge in [0.25, 0.3) is 5.91 Å². The molecule has 0 aliphatic carbocycles. The second-order valence-corrected chi connectivity index (χ2v) is 7.12. The zero-order chi connectivity index (χ0) is 19.2. The zero-order valence-corrected chi connectivity index (χ0v) is 15.9. The molecule has 0 atom stereocenters. The van der Waals surface area contributed by atoms with Gasteiger partial charge in [-0.2, -0.15) is 0 Å².